The summed E-state index contributed by atoms with van der Waals surface area (Å²) in [7, 11) is 0. The molecule has 0 aliphatic carbocycles. The van der Waals surface area contributed by atoms with E-state index in [9.17, 15) is 13.2 Å². The van der Waals surface area contributed by atoms with Crippen LogP contribution in [0.25, 0.3) is 0 Å². The van der Waals surface area contributed by atoms with Crippen LogP contribution in [-0.4, -0.2) is 11.5 Å². The van der Waals surface area contributed by atoms with Crippen molar-refractivity contribution in [2.45, 2.75) is 19.5 Å². The van der Waals surface area contributed by atoms with Gasteiger partial charge in [0.2, 0.25) is 0 Å². The fourth-order valence-electron chi connectivity index (χ4n) is 1.13. The van der Waals surface area contributed by atoms with Crippen molar-refractivity contribution in [2.75, 3.05) is 0 Å². The molecule has 3 N–H and O–H groups in total. The summed E-state index contributed by atoms with van der Waals surface area (Å²) in [5.41, 5.74) is 5.97. The first-order valence-electron chi connectivity index (χ1n) is 4.09. The standard InChI is InChI=1S/C9H10F3NO2/c1-5-2-3-6(15-9(10,11)12)4-7(5)8(13)14/h2-4,8,14H,13H2,1H3. The maximum atomic E-state index is 11.9. The topological polar surface area (TPSA) is 55.5 Å². The molecule has 0 saturated carbocycles. The molecule has 0 heterocycles. The lowest BCUT2D eigenvalue weighted by Crippen LogP contribution is -2.18. The van der Waals surface area contributed by atoms with Gasteiger partial charge in [0.05, 0.1) is 0 Å². The third-order valence-corrected chi connectivity index (χ3v) is 1.80. The second-order valence-corrected chi connectivity index (χ2v) is 3.01. The lowest BCUT2D eigenvalue weighted by molar-refractivity contribution is -0.274. The molecule has 0 aliphatic rings. The van der Waals surface area contributed by atoms with Crippen LogP contribution < -0.4 is 10.5 Å². The maximum absolute atomic E-state index is 11.9. The summed E-state index contributed by atoms with van der Waals surface area (Å²) < 4.78 is 39.3. The molecule has 0 bridgehead atoms. The van der Waals surface area contributed by atoms with Gasteiger partial charge in [-0.2, -0.15) is 0 Å². The summed E-state index contributed by atoms with van der Waals surface area (Å²) >= 11 is 0. The molecule has 1 aromatic rings. The van der Waals surface area contributed by atoms with E-state index in [1.54, 1.807) is 6.92 Å². The van der Waals surface area contributed by atoms with Crippen LogP contribution in [0.1, 0.15) is 17.4 Å². The summed E-state index contributed by atoms with van der Waals surface area (Å²) in [6, 6.07) is 3.62. The fourth-order valence-corrected chi connectivity index (χ4v) is 1.13. The minimum Gasteiger partial charge on any atom is -0.406 e. The molecule has 0 radical (unpaired) electrons. The van der Waals surface area contributed by atoms with E-state index in [2.05, 4.69) is 4.74 Å². The van der Waals surface area contributed by atoms with E-state index in [1.807, 2.05) is 0 Å². The molecule has 6 heteroatoms. The summed E-state index contributed by atoms with van der Waals surface area (Å²) in [5.74, 6) is -0.396. The average Bonchev–Trinajstić information content (AvgIpc) is 2.05. The van der Waals surface area contributed by atoms with Gasteiger partial charge in [0, 0.05) is 5.56 Å². The molecule has 0 aromatic heterocycles. The minimum absolute atomic E-state index is 0.205. The highest BCUT2D eigenvalue weighted by atomic mass is 19.4. The first-order chi connectivity index (χ1) is 6.79. The third-order valence-electron chi connectivity index (χ3n) is 1.80. The van der Waals surface area contributed by atoms with Crippen LogP contribution in [0.2, 0.25) is 0 Å². The van der Waals surface area contributed by atoms with Crippen molar-refractivity contribution in [1.29, 1.82) is 0 Å². The molecule has 3 nitrogen and oxygen atoms in total. The molecule has 0 amide bonds. The Bertz CT molecular complexity index is 350. The molecule has 0 fully saturated rings. The largest absolute Gasteiger partial charge is 0.573 e. The molecule has 1 unspecified atom stereocenters. The van der Waals surface area contributed by atoms with Crippen LogP contribution in [0.3, 0.4) is 0 Å². The van der Waals surface area contributed by atoms with Crippen LogP contribution in [0.15, 0.2) is 18.2 Å². The summed E-state index contributed by atoms with van der Waals surface area (Å²) in [4.78, 5) is 0. The zero-order valence-corrected chi connectivity index (χ0v) is 7.88. The zero-order chi connectivity index (χ0) is 11.6. The fraction of sp³-hybridized carbons (Fsp3) is 0.333. The number of hydrogen-bond acceptors (Lipinski definition) is 3. The van der Waals surface area contributed by atoms with Crippen LogP contribution in [0.4, 0.5) is 13.2 Å². The second kappa shape index (κ2) is 4.08. The number of alkyl halides is 3. The highest BCUT2D eigenvalue weighted by Crippen LogP contribution is 2.26. The lowest BCUT2D eigenvalue weighted by atomic mass is 10.1. The smallest absolute Gasteiger partial charge is 0.406 e. The van der Waals surface area contributed by atoms with Crippen molar-refractivity contribution in [2.24, 2.45) is 5.73 Å². The van der Waals surface area contributed by atoms with E-state index in [0.29, 0.717) is 5.56 Å². The molecular weight excluding hydrogens is 211 g/mol. The van der Waals surface area contributed by atoms with Gasteiger partial charge < -0.3 is 15.6 Å². The van der Waals surface area contributed by atoms with Crippen molar-refractivity contribution in [3.8, 4) is 5.75 Å². The first-order valence-corrected chi connectivity index (χ1v) is 4.09. The molecule has 84 valence electrons. The number of aliphatic hydroxyl groups is 1. The molecule has 1 aromatic carbocycles. The molecule has 0 spiro atoms. The Hall–Kier alpha value is -1.27. The van der Waals surface area contributed by atoms with Gasteiger partial charge in [0.25, 0.3) is 0 Å². The normalized spacial score (nSPS) is 13.7. The molecular formula is C9H10F3NO2. The van der Waals surface area contributed by atoms with E-state index in [4.69, 9.17) is 10.8 Å². The molecule has 0 aliphatic heterocycles. The Labute approximate surface area is 84.3 Å². The maximum Gasteiger partial charge on any atom is 0.573 e. The predicted octanol–water partition coefficient (Wildman–Crippen LogP) is 1.84. The van der Waals surface area contributed by atoms with E-state index in [-0.39, 0.29) is 5.56 Å². The van der Waals surface area contributed by atoms with Crippen LogP contribution in [0.5, 0.6) is 5.75 Å². The Morgan fingerprint density at radius 3 is 2.47 bits per heavy atom. The quantitative estimate of drug-likeness (QED) is 0.749. The summed E-state index contributed by atoms with van der Waals surface area (Å²) in [5, 5.41) is 9.07. The van der Waals surface area contributed by atoms with Crippen molar-refractivity contribution in [1.82, 2.24) is 0 Å². The van der Waals surface area contributed by atoms with E-state index in [1.165, 1.54) is 6.07 Å². The van der Waals surface area contributed by atoms with Gasteiger partial charge in [-0.1, -0.05) is 6.07 Å². The van der Waals surface area contributed by atoms with Crippen molar-refractivity contribution in [3.63, 3.8) is 0 Å². The minimum atomic E-state index is -4.74. The Morgan fingerprint density at radius 1 is 1.40 bits per heavy atom. The summed E-state index contributed by atoms with van der Waals surface area (Å²) in [6.45, 7) is 1.63. The van der Waals surface area contributed by atoms with Gasteiger partial charge in [-0.05, 0) is 24.6 Å². The number of rotatable bonds is 2. The van der Waals surface area contributed by atoms with Crippen LogP contribution in [0, 0.1) is 6.92 Å². The molecule has 1 rings (SSSR count). The Morgan fingerprint density at radius 2 is 2.00 bits per heavy atom. The second-order valence-electron chi connectivity index (χ2n) is 3.01. The first kappa shape index (κ1) is 11.8. The number of halogens is 3. The Kier molecular flexibility index (Phi) is 3.21. The number of benzene rings is 1. The predicted molar refractivity (Wildman–Crippen MR) is 47.0 cm³/mol. The lowest BCUT2D eigenvalue weighted by Gasteiger charge is -2.13. The molecule has 0 saturated heterocycles. The molecule has 15 heavy (non-hydrogen) atoms. The van der Waals surface area contributed by atoms with Gasteiger partial charge >= 0.3 is 6.36 Å². The number of nitrogens with two attached hydrogens (primary N) is 1. The van der Waals surface area contributed by atoms with E-state index in [0.717, 1.165) is 12.1 Å². The van der Waals surface area contributed by atoms with Gasteiger partial charge in [-0.25, -0.2) is 0 Å². The number of hydrogen-bond donors (Lipinski definition) is 2. The number of aliphatic hydroxyl groups excluding tert-OH is 1. The third kappa shape index (κ3) is 3.41. The van der Waals surface area contributed by atoms with Gasteiger partial charge in [0.15, 0.2) is 0 Å². The van der Waals surface area contributed by atoms with Gasteiger partial charge in [0.1, 0.15) is 12.0 Å². The van der Waals surface area contributed by atoms with Crippen molar-refractivity contribution in [3.05, 3.63) is 29.3 Å². The zero-order valence-electron chi connectivity index (χ0n) is 7.88. The van der Waals surface area contributed by atoms with Crippen molar-refractivity contribution < 1.29 is 23.0 Å². The van der Waals surface area contributed by atoms with E-state index < -0.39 is 18.3 Å². The van der Waals surface area contributed by atoms with Crippen LogP contribution >= 0.6 is 0 Å². The number of ether oxygens (including phenoxy) is 1. The number of aryl methyl sites for hydroxylation is 1. The summed E-state index contributed by atoms with van der Waals surface area (Å²) in [6.07, 6.45) is -6.06. The SMILES string of the molecule is Cc1ccc(OC(F)(F)F)cc1C(N)O. The molecule has 1 atom stereocenters. The highest BCUT2D eigenvalue weighted by molar-refractivity contribution is 5.36. The average molecular weight is 221 g/mol. The van der Waals surface area contributed by atoms with Crippen LogP contribution in [-0.2, 0) is 0 Å². The van der Waals surface area contributed by atoms with Gasteiger partial charge in [-0.3, -0.25) is 0 Å². The monoisotopic (exact) mass is 221 g/mol. The van der Waals surface area contributed by atoms with E-state index >= 15 is 0 Å². The highest BCUT2D eigenvalue weighted by Gasteiger charge is 2.31. The van der Waals surface area contributed by atoms with Crippen molar-refractivity contribution >= 4 is 0 Å². The Balaban J connectivity index is 2.98. The van der Waals surface area contributed by atoms with Gasteiger partial charge in [-0.15, -0.1) is 13.2 Å².